The Morgan fingerprint density at radius 3 is 2.26 bits per heavy atom. The quantitative estimate of drug-likeness (QED) is 0.397. The van der Waals surface area contributed by atoms with E-state index in [1.54, 1.807) is 19.1 Å². The van der Waals surface area contributed by atoms with Gasteiger partial charge in [0.25, 0.3) is 10.0 Å². The second-order valence-electron chi connectivity index (χ2n) is 9.33. The van der Waals surface area contributed by atoms with Crippen molar-refractivity contribution in [2.24, 2.45) is 0 Å². The number of hydrogen-bond acceptors (Lipinski definition) is 4. The van der Waals surface area contributed by atoms with Gasteiger partial charge in [-0.05, 0) is 47.7 Å². The molecule has 0 fully saturated rings. The van der Waals surface area contributed by atoms with E-state index in [2.05, 4.69) is 15.1 Å². The van der Waals surface area contributed by atoms with Gasteiger partial charge in [0.2, 0.25) is 0 Å². The monoisotopic (exact) mass is 500 g/mol. The molecule has 0 unspecified atom stereocenters. The molecule has 0 atom stereocenters. The van der Waals surface area contributed by atoms with Crippen molar-refractivity contribution in [1.82, 2.24) is 4.98 Å². The summed E-state index contributed by atoms with van der Waals surface area (Å²) in [5.74, 6) is -0.0863. The normalized spacial score (nSPS) is 13.8. The van der Waals surface area contributed by atoms with Crippen LogP contribution < -0.4 is 9.62 Å². The molecule has 4 rings (SSSR count). The Hall–Kier alpha value is -3.58. The number of nitrogens with one attached hydrogen (secondary N) is 1. The lowest BCUT2D eigenvalue weighted by Gasteiger charge is -2.27. The van der Waals surface area contributed by atoms with E-state index in [9.17, 15) is 21.6 Å². The molecule has 1 aliphatic heterocycles. The molecular formula is C25H23F3N4O2S. The first kappa shape index (κ1) is 24.5. The van der Waals surface area contributed by atoms with Crippen molar-refractivity contribution in [3.63, 3.8) is 0 Å². The van der Waals surface area contributed by atoms with Gasteiger partial charge in [-0.3, -0.25) is 4.31 Å². The minimum atomic E-state index is -4.66. The summed E-state index contributed by atoms with van der Waals surface area (Å²) in [6, 6.07) is 11.6. The highest BCUT2D eigenvalue weighted by Crippen LogP contribution is 2.44. The van der Waals surface area contributed by atoms with Gasteiger partial charge < -0.3 is 5.32 Å². The molecular weight excluding hydrogens is 477 g/mol. The summed E-state index contributed by atoms with van der Waals surface area (Å²) < 4.78 is 68.8. The third-order valence-electron chi connectivity index (χ3n) is 5.92. The predicted molar refractivity (Wildman–Crippen MR) is 128 cm³/mol. The number of aromatic nitrogens is 1. The molecule has 0 saturated heterocycles. The molecule has 0 aliphatic carbocycles. The fraction of sp³-hybridized carbons (Fsp3) is 0.280. The highest BCUT2D eigenvalue weighted by molar-refractivity contribution is 7.92. The van der Waals surface area contributed by atoms with Crippen LogP contribution in [0.3, 0.4) is 0 Å². The fourth-order valence-corrected chi connectivity index (χ4v) is 5.45. The van der Waals surface area contributed by atoms with Crippen molar-refractivity contribution in [1.29, 1.82) is 0 Å². The Labute approximate surface area is 202 Å². The van der Waals surface area contributed by atoms with Crippen LogP contribution in [0.15, 0.2) is 53.4 Å². The first-order valence-corrected chi connectivity index (χ1v) is 12.2. The van der Waals surface area contributed by atoms with Gasteiger partial charge in [0, 0.05) is 5.56 Å². The Bertz CT molecular complexity index is 1450. The lowest BCUT2D eigenvalue weighted by atomic mass is 9.87. The zero-order valence-corrected chi connectivity index (χ0v) is 20.3. The number of alkyl halides is 3. The van der Waals surface area contributed by atoms with Crippen LogP contribution in [0.2, 0.25) is 0 Å². The predicted octanol–water partition coefficient (Wildman–Crippen LogP) is 6.71. The number of halogens is 3. The lowest BCUT2D eigenvalue weighted by Crippen LogP contribution is -2.31. The van der Waals surface area contributed by atoms with Gasteiger partial charge in [-0.1, -0.05) is 45.0 Å². The maximum Gasteiger partial charge on any atom is 0.433 e. The first-order valence-electron chi connectivity index (χ1n) is 10.7. The van der Waals surface area contributed by atoms with Crippen molar-refractivity contribution >= 4 is 32.9 Å². The van der Waals surface area contributed by atoms with Crippen LogP contribution in [0, 0.1) is 13.5 Å². The van der Waals surface area contributed by atoms with E-state index in [-0.39, 0.29) is 45.3 Å². The number of nitrogens with zero attached hydrogens (tertiary/aromatic N) is 3. The summed E-state index contributed by atoms with van der Waals surface area (Å²) in [5, 5.41) is 2.87. The summed E-state index contributed by atoms with van der Waals surface area (Å²) in [7, 11) is -4.15. The van der Waals surface area contributed by atoms with E-state index in [1.165, 1.54) is 30.3 Å². The number of benzene rings is 2. The van der Waals surface area contributed by atoms with Gasteiger partial charge in [0.1, 0.15) is 11.5 Å². The molecule has 1 N–H and O–H groups in total. The van der Waals surface area contributed by atoms with E-state index in [0.29, 0.717) is 5.56 Å². The molecule has 10 heteroatoms. The van der Waals surface area contributed by atoms with Gasteiger partial charge in [0.15, 0.2) is 5.69 Å². The standard InChI is InChI=1S/C25H23F3N4O2S/c1-15-19(29-5)11-12-20-22(15)32(14-16-6-13-21(25(26,27)28)31-23(16)30-20)35(33,34)18-9-7-17(8-10-18)24(2,3)4/h6-13H,14H2,1-4H3,(H,30,31). The first-order chi connectivity index (χ1) is 16.2. The van der Waals surface area contributed by atoms with Crippen LogP contribution in [0.4, 0.5) is 36.1 Å². The van der Waals surface area contributed by atoms with Crippen LogP contribution in [0.25, 0.3) is 4.85 Å². The van der Waals surface area contributed by atoms with Crippen LogP contribution in [-0.2, 0) is 28.2 Å². The van der Waals surface area contributed by atoms with Crippen molar-refractivity contribution < 1.29 is 21.6 Å². The summed E-state index contributed by atoms with van der Waals surface area (Å²) in [6.07, 6.45) is -4.66. The summed E-state index contributed by atoms with van der Waals surface area (Å²) >= 11 is 0. The molecule has 0 saturated carbocycles. The molecule has 1 aliphatic rings. The molecule has 0 spiro atoms. The molecule has 35 heavy (non-hydrogen) atoms. The van der Waals surface area contributed by atoms with E-state index in [4.69, 9.17) is 6.57 Å². The minimum Gasteiger partial charge on any atom is -0.338 e. The Balaban J connectivity index is 1.92. The summed E-state index contributed by atoms with van der Waals surface area (Å²) in [4.78, 5) is 7.23. The van der Waals surface area contributed by atoms with E-state index >= 15 is 0 Å². The topological polar surface area (TPSA) is 66.7 Å². The van der Waals surface area contributed by atoms with Crippen LogP contribution in [0.5, 0.6) is 0 Å². The largest absolute Gasteiger partial charge is 0.433 e. The average Bonchev–Trinajstić information content (AvgIpc) is 2.95. The molecule has 3 aromatic rings. The van der Waals surface area contributed by atoms with Gasteiger partial charge >= 0.3 is 6.18 Å². The maximum atomic E-state index is 13.9. The molecule has 2 heterocycles. The van der Waals surface area contributed by atoms with Crippen molar-refractivity contribution in [2.75, 3.05) is 9.62 Å². The number of anilines is 3. The number of sulfonamides is 1. The number of rotatable bonds is 2. The molecule has 0 amide bonds. The van der Waals surface area contributed by atoms with E-state index in [1.807, 2.05) is 20.8 Å². The zero-order valence-electron chi connectivity index (χ0n) is 19.5. The minimum absolute atomic E-state index is 0.0346. The zero-order chi connectivity index (χ0) is 25.8. The average molecular weight is 501 g/mol. The van der Waals surface area contributed by atoms with Gasteiger partial charge in [-0.25, -0.2) is 18.2 Å². The highest BCUT2D eigenvalue weighted by Gasteiger charge is 2.36. The third-order valence-corrected chi connectivity index (χ3v) is 7.68. The highest BCUT2D eigenvalue weighted by atomic mass is 32.2. The number of hydrogen-bond donors (Lipinski definition) is 1. The van der Waals surface area contributed by atoms with Gasteiger partial charge in [-0.15, -0.1) is 0 Å². The number of fused-ring (bicyclic) bond motifs is 2. The van der Waals surface area contributed by atoms with Gasteiger partial charge in [0.05, 0.1) is 29.4 Å². The second kappa shape index (κ2) is 8.27. The van der Waals surface area contributed by atoms with Crippen molar-refractivity contribution in [3.8, 4) is 0 Å². The Kier molecular flexibility index (Phi) is 5.80. The van der Waals surface area contributed by atoms with Gasteiger partial charge in [-0.2, -0.15) is 13.2 Å². The summed E-state index contributed by atoms with van der Waals surface area (Å²) in [5.41, 5.74) is 1.04. The number of pyridine rings is 1. The van der Waals surface area contributed by atoms with Crippen molar-refractivity contribution in [2.45, 2.75) is 50.7 Å². The molecule has 6 nitrogen and oxygen atoms in total. The van der Waals surface area contributed by atoms with Crippen LogP contribution in [-0.4, -0.2) is 13.4 Å². The summed E-state index contributed by atoms with van der Waals surface area (Å²) in [6.45, 7) is 14.9. The fourth-order valence-electron chi connectivity index (χ4n) is 3.94. The van der Waals surface area contributed by atoms with E-state index in [0.717, 1.165) is 15.9 Å². The SMILES string of the molecule is [C-]#[N+]c1ccc2c(c1C)N(S(=O)(=O)c1ccc(C(C)(C)C)cc1)Cc1ccc(C(F)(F)F)nc1N2. The van der Waals surface area contributed by atoms with Crippen LogP contribution >= 0.6 is 0 Å². The third kappa shape index (κ3) is 4.44. The van der Waals surface area contributed by atoms with E-state index < -0.39 is 21.9 Å². The maximum absolute atomic E-state index is 13.9. The molecule has 182 valence electrons. The second-order valence-corrected chi connectivity index (χ2v) is 11.2. The van der Waals surface area contributed by atoms with Crippen LogP contribution in [0.1, 0.15) is 43.2 Å². The van der Waals surface area contributed by atoms with Crippen molar-refractivity contribution in [3.05, 3.63) is 82.3 Å². The smallest absolute Gasteiger partial charge is 0.338 e. The Morgan fingerprint density at radius 1 is 1.03 bits per heavy atom. The molecule has 1 aromatic heterocycles. The molecule has 0 bridgehead atoms. The molecule has 2 aromatic carbocycles. The molecule has 0 radical (unpaired) electrons. The lowest BCUT2D eigenvalue weighted by molar-refractivity contribution is -0.141. The Morgan fingerprint density at radius 2 is 1.69 bits per heavy atom.